The molecule has 1 saturated heterocycles. The molecule has 0 saturated carbocycles. The first-order valence-electron chi connectivity index (χ1n) is 9.59. The summed E-state index contributed by atoms with van der Waals surface area (Å²) in [6.07, 6.45) is 0.904. The first-order valence-corrected chi connectivity index (χ1v) is 9.59. The van der Waals surface area contributed by atoms with E-state index in [1.807, 2.05) is 25.2 Å². The van der Waals surface area contributed by atoms with Crippen molar-refractivity contribution in [1.82, 2.24) is 20.4 Å². The number of aliphatic imine (C=N–C) groups is 1. The van der Waals surface area contributed by atoms with Crippen molar-refractivity contribution in [2.24, 2.45) is 10.9 Å². The van der Waals surface area contributed by atoms with Gasteiger partial charge in [-0.3, -0.25) is 4.99 Å². The summed E-state index contributed by atoms with van der Waals surface area (Å²) in [5.74, 6) is 2.40. The maximum atomic E-state index is 5.41. The van der Waals surface area contributed by atoms with Crippen LogP contribution in [-0.4, -0.2) is 82.8 Å². The van der Waals surface area contributed by atoms with Crippen LogP contribution in [0.15, 0.2) is 29.3 Å². The van der Waals surface area contributed by atoms with Gasteiger partial charge in [-0.25, -0.2) is 0 Å². The SMILES string of the molecule is CN=C(NCCc1ccccc1OC)NCC(C)CN1CCN(C)CC1. The van der Waals surface area contributed by atoms with Crippen LogP contribution >= 0.6 is 0 Å². The smallest absolute Gasteiger partial charge is 0.190 e. The topological polar surface area (TPSA) is 52.1 Å². The van der Waals surface area contributed by atoms with Crippen LogP contribution in [0.2, 0.25) is 0 Å². The summed E-state index contributed by atoms with van der Waals surface area (Å²) in [4.78, 5) is 9.29. The molecular formula is C20H35N5O. The van der Waals surface area contributed by atoms with Crippen LogP contribution in [0.3, 0.4) is 0 Å². The molecule has 6 heteroatoms. The molecule has 1 unspecified atom stereocenters. The fourth-order valence-electron chi connectivity index (χ4n) is 3.25. The van der Waals surface area contributed by atoms with Gasteiger partial charge >= 0.3 is 0 Å². The molecule has 146 valence electrons. The molecule has 1 atom stereocenters. The Balaban J connectivity index is 1.67. The number of guanidine groups is 1. The van der Waals surface area contributed by atoms with Crippen molar-refractivity contribution in [3.63, 3.8) is 0 Å². The van der Waals surface area contributed by atoms with Crippen molar-refractivity contribution >= 4 is 5.96 Å². The molecule has 1 fully saturated rings. The van der Waals surface area contributed by atoms with Gasteiger partial charge in [-0.2, -0.15) is 0 Å². The summed E-state index contributed by atoms with van der Waals surface area (Å²) in [6, 6.07) is 8.15. The van der Waals surface area contributed by atoms with E-state index in [1.165, 1.54) is 31.7 Å². The number of nitrogens with zero attached hydrogens (tertiary/aromatic N) is 3. The van der Waals surface area contributed by atoms with Crippen LogP contribution in [0.1, 0.15) is 12.5 Å². The lowest BCUT2D eigenvalue weighted by Crippen LogP contribution is -2.47. The first kappa shape index (κ1) is 20.5. The van der Waals surface area contributed by atoms with Crippen LogP contribution in [0.25, 0.3) is 0 Å². The lowest BCUT2D eigenvalue weighted by molar-refractivity contribution is 0.139. The number of rotatable bonds is 8. The number of hydrogen-bond acceptors (Lipinski definition) is 4. The highest BCUT2D eigenvalue weighted by atomic mass is 16.5. The van der Waals surface area contributed by atoms with E-state index in [-0.39, 0.29) is 0 Å². The highest BCUT2D eigenvalue weighted by molar-refractivity contribution is 5.79. The highest BCUT2D eigenvalue weighted by Crippen LogP contribution is 2.17. The van der Waals surface area contributed by atoms with Crippen LogP contribution < -0.4 is 15.4 Å². The molecule has 26 heavy (non-hydrogen) atoms. The maximum Gasteiger partial charge on any atom is 0.190 e. The van der Waals surface area contributed by atoms with Gasteiger partial charge in [0, 0.05) is 52.9 Å². The average molecular weight is 362 g/mol. The van der Waals surface area contributed by atoms with E-state index in [4.69, 9.17) is 4.74 Å². The number of likely N-dealkylation sites (N-methyl/N-ethyl adjacent to an activating group) is 1. The van der Waals surface area contributed by atoms with Crippen LogP contribution in [-0.2, 0) is 6.42 Å². The maximum absolute atomic E-state index is 5.41. The summed E-state index contributed by atoms with van der Waals surface area (Å²) in [5, 5.41) is 6.85. The minimum absolute atomic E-state index is 0.589. The van der Waals surface area contributed by atoms with Crippen LogP contribution in [0.4, 0.5) is 0 Å². The van der Waals surface area contributed by atoms with Crippen molar-refractivity contribution in [2.45, 2.75) is 13.3 Å². The Labute approximate surface area is 158 Å². The number of hydrogen-bond donors (Lipinski definition) is 2. The fraction of sp³-hybridized carbons (Fsp3) is 0.650. The molecule has 0 aromatic heterocycles. The van der Waals surface area contributed by atoms with Gasteiger partial charge in [0.05, 0.1) is 7.11 Å². The summed E-state index contributed by atoms with van der Waals surface area (Å²) in [6.45, 7) is 9.89. The molecule has 1 aliphatic heterocycles. The predicted molar refractivity (Wildman–Crippen MR) is 109 cm³/mol. The van der Waals surface area contributed by atoms with Crippen molar-refractivity contribution in [2.75, 3.05) is 67.0 Å². The van der Waals surface area contributed by atoms with E-state index < -0.39 is 0 Å². The lowest BCUT2D eigenvalue weighted by Gasteiger charge is -2.34. The van der Waals surface area contributed by atoms with Crippen molar-refractivity contribution in [3.05, 3.63) is 29.8 Å². The van der Waals surface area contributed by atoms with E-state index >= 15 is 0 Å². The Hall–Kier alpha value is -1.79. The molecule has 0 bridgehead atoms. The summed E-state index contributed by atoms with van der Waals surface area (Å²) < 4.78 is 5.41. The van der Waals surface area contributed by atoms with E-state index in [1.54, 1.807) is 7.11 Å². The second-order valence-electron chi connectivity index (χ2n) is 7.15. The third kappa shape index (κ3) is 6.84. The van der Waals surface area contributed by atoms with Crippen LogP contribution in [0.5, 0.6) is 5.75 Å². The molecular weight excluding hydrogens is 326 g/mol. The van der Waals surface area contributed by atoms with E-state index in [0.717, 1.165) is 37.8 Å². The number of benzene rings is 1. The Morgan fingerprint density at radius 2 is 1.92 bits per heavy atom. The monoisotopic (exact) mass is 361 g/mol. The standard InChI is InChI=1S/C20H35N5O/c1-17(16-25-13-11-24(3)12-14-25)15-23-20(21-2)22-10-9-18-7-5-6-8-19(18)26-4/h5-8,17H,9-16H2,1-4H3,(H2,21,22,23). The zero-order valence-corrected chi connectivity index (χ0v) is 16.8. The quantitative estimate of drug-likeness (QED) is 0.540. The Morgan fingerprint density at radius 3 is 2.62 bits per heavy atom. The van der Waals surface area contributed by atoms with Gasteiger partial charge in [-0.1, -0.05) is 25.1 Å². The number of para-hydroxylation sites is 1. The van der Waals surface area contributed by atoms with Crippen LogP contribution in [0, 0.1) is 5.92 Å². The van der Waals surface area contributed by atoms with Gasteiger partial charge in [-0.05, 0) is 31.0 Å². The molecule has 0 aliphatic carbocycles. The highest BCUT2D eigenvalue weighted by Gasteiger charge is 2.16. The van der Waals surface area contributed by atoms with Crippen molar-refractivity contribution < 1.29 is 4.74 Å². The van der Waals surface area contributed by atoms with Gasteiger partial charge in [0.25, 0.3) is 0 Å². The second-order valence-corrected chi connectivity index (χ2v) is 7.15. The molecule has 1 aromatic carbocycles. The molecule has 2 rings (SSSR count). The predicted octanol–water partition coefficient (Wildman–Crippen LogP) is 1.29. The molecule has 0 radical (unpaired) electrons. The Morgan fingerprint density at radius 1 is 1.19 bits per heavy atom. The number of methoxy groups -OCH3 is 1. The van der Waals surface area contributed by atoms with E-state index in [0.29, 0.717) is 5.92 Å². The molecule has 0 spiro atoms. The third-order valence-electron chi connectivity index (χ3n) is 4.89. The molecule has 6 nitrogen and oxygen atoms in total. The molecule has 1 aliphatic rings. The number of ether oxygens (including phenoxy) is 1. The van der Waals surface area contributed by atoms with Gasteiger partial charge in [-0.15, -0.1) is 0 Å². The largest absolute Gasteiger partial charge is 0.496 e. The zero-order valence-electron chi connectivity index (χ0n) is 16.8. The van der Waals surface area contributed by atoms with Crippen molar-refractivity contribution in [1.29, 1.82) is 0 Å². The first-order chi connectivity index (χ1) is 12.6. The van der Waals surface area contributed by atoms with Gasteiger partial charge < -0.3 is 25.2 Å². The zero-order chi connectivity index (χ0) is 18.8. The summed E-state index contributed by atoms with van der Waals surface area (Å²) in [7, 11) is 5.74. The number of nitrogens with one attached hydrogen (secondary N) is 2. The Bertz CT molecular complexity index is 555. The number of piperazine rings is 1. The van der Waals surface area contributed by atoms with E-state index in [2.05, 4.69) is 45.5 Å². The Kier molecular flexibility index (Phi) is 8.71. The molecule has 1 heterocycles. The molecule has 1 aromatic rings. The van der Waals surface area contributed by atoms with Gasteiger partial charge in [0.2, 0.25) is 0 Å². The summed E-state index contributed by atoms with van der Waals surface area (Å²) >= 11 is 0. The summed E-state index contributed by atoms with van der Waals surface area (Å²) in [5.41, 5.74) is 1.21. The van der Waals surface area contributed by atoms with Crippen molar-refractivity contribution in [3.8, 4) is 5.75 Å². The lowest BCUT2D eigenvalue weighted by atomic mass is 10.1. The third-order valence-corrected chi connectivity index (χ3v) is 4.89. The minimum atomic E-state index is 0.589. The fourth-order valence-corrected chi connectivity index (χ4v) is 3.25. The minimum Gasteiger partial charge on any atom is -0.496 e. The molecule has 2 N–H and O–H groups in total. The van der Waals surface area contributed by atoms with Gasteiger partial charge in [0.15, 0.2) is 5.96 Å². The molecule has 0 amide bonds. The normalized spacial score (nSPS) is 17.8. The van der Waals surface area contributed by atoms with E-state index in [9.17, 15) is 0 Å². The van der Waals surface area contributed by atoms with Gasteiger partial charge in [0.1, 0.15) is 5.75 Å². The average Bonchev–Trinajstić information content (AvgIpc) is 2.66. The second kappa shape index (κ2) is 11.0.